The van der Waals surface area contributed by atoms with E-state index in [2.05, 4.69) is 71.0 Å². The van der Waals surface area contributed by atoms with Crippen LogP contribution in [0.2, 0.25) is 0 Å². The van der Waals surface area contributed by atoms with Gasteiger partial charge in [0.15, 0.2) is 0 Å². The lowest BCUT2D eigenvalue weighted by Gasteiger charge is -2.00. The topological polar surface area (TPSA) is 45.2 Å². The lowest BCUT2D eigenvalue weighted by molar-refractivity contribution is 0.476. The number of phenolic OH excluding ortho intramolecular Hbond substituents is 1. The maximum absolute atomic E-state index is 9.60. The molecule has 128 valence electrons. The minimum absolute atomic E-state index is 0.274. The number of nitrogens with zero attached hydrogens (tertiary/aromatic N) is 1. The smallest absolute Gasteiger partial charge is 0.124 e. The molecule has 2 N–H and O–H groups in total. The van der Waals surface area contributed by atoms with E-state index in [4.69, 9.17) is 0 Å². The van der Waals surface area contributed by atoms with Crippen molar-refractivity contribution in [3.63, 3.8) is 0 Å². The van der Waals surface area contributed by atoms with Crippen LogP contribution in [-0.4, -0.2) is 17.1 Å². The number of nitrogens with one attached hydrogen (secondary N) is 1. The van der Waals surface area contributed by atoms with E-state index >= 15 is 0 Å². The van der Waals surface area contributed by atoms with Crippen molar-refractivity contribution in [1.82, 2.24) is 4.98 Å². The van der Waals surface area contributed by atoms with E-state index in [9.17, 15) is 5.11 Å². The summed E-state index contributed by atoms with van der Waals surface area (Å²) < 4.78 is 0.994. The highest BCUT2D eigenvalue weighted by atomic mass is 32.1. The van der Waals surface area contributed by atoms with E-state index in [1.165, 1.54) is 5.56 Å². The highest BCUT2D eigenvalue weighted by molar-refractivity contribution is 7.21. The Bertz CT molecular complexity index is 1060. The molecule has 4 rings (SSSR count). The number of fused-ring (bicyclic) bond motifs is 1. The van der Waals surface area contributed by atoms with E-state index < -0.39 is 0 Å². The molecule has 0 saturated carbocycles. The summed E-state index contributed by atoms with van der Waals surface area (Å²) in [6.07, 6.45) is 4.21. The molecule has 0 radical (unpaired) electrons. The molecule has 4 aromatic rings. The third-order valence-corrected chi connectivity index (χ3v) is 5.26. The van der Waals surface area contributed by atoms with Crippen molar-refractivity contribution >= 4 is 39.4 Å². The summed E-state index contributed by atoms with van der Waals surface area (Å²) in [5.74, 6) is 0.274. The minimum Gasteiger partial charge on any atom is -0.508 e. The lowest BCUT2D eigenvalue weighted by atomic mass is 10.1. The van der Waals surface area contributed by atoms with E-state index in [1.807, 2.05) is 13.1 Å². The fraction of sp³-hybridized carbons (Fsp3) is 0.0455. The molecule has 1 aromatic heterocycles. The second-order valence-electron chi connectivity index (χ2n) is 6.00. The van der Waals surface area contributed by atoms with Crippen LogP contribution < -0.4 is 5.32 Å². The summed E-state index contributed by atoms with van der Waals surface area (Å²) in [7, 11) is 1.92. The molecular formula is C22H18N2OS. The molecule has 0 saturated heterocycles. The minimum atomic E-state index is 0.274. The number of aromatic nitrogens is 1. The number of benzene rings is 3. The Labute approximate surface area is 156 Å². The van der Waals surface area contributed by atoms with Gasteiger partial charge in [-0.3, -0.25) is 0 Å². The van der Waals surface area contributed by atoms with Gasteiger partial charge in [0, 0.05) is 18.3 Å². The van der Waals surface area contributed by atoms with Gasteiger partial charge in [-0.25, -0.2) is 4.98 Å². The van der Waals surface area contributed by atoms with Crippen molar-refractivity contribution < 1.29 is 5.11 Å². The summed E-state index contributed by atoms with van der Waals surface area (Å²) in [5.41, 5.74) is 5.41. The van der Waals surface area contributed by atoms with Gasteiger partial charge >= 0.3 is 0 Å². The Morgan fingerprint density at radius 2 is 1.54 bits per heavy atom. The SMILES string of the molecule is CNc1ccc(C=Cc2ccc(-c3nc4ccc(O)cc4s3)cc2)cc1. The first kappa shape index (κ1) is 16.4. The Kier molecular flexibility index (Phi) is 4.42. The highest BCUT2D eigenvalue weighted by Gasteiger charge is 2.06. The van der Waals surface area contributed by atoms with E-state index in [1.54, 1.807) is 23.5 Å². The number of aromatic hydroxyl groups is 1. The fourth-order valence-corrected chi connectivity index (χ4v) is 3.73. The van der Waals surface area contributed by atoms with Crippen molar-refractivity contribution in [2.75, 3.05) is 12.4 Å². The third-order valence-electron chi connectivity index (χ3n) is 4.20. The molecule has 0 fully saturated rings. The Morgan fingerprint density at radius 3 is 2.19 bits per heavy atom. The van der Waals surface area contributed by atoms with Crippen molar-refractivity contribution in [1.29, 1.82) is 0 Å². The maximum Gasteiger partial charge on any atom is 0.124 e. The Balaban J connectivity index is 1.54. The molecule has 0 atom stereocenters. The summed E-state index contributed by atoms with van der Waals surface area (Å²) in [4.78, 5) is 4.65. The molecule has 3 nitrogen and oxygen atoms in total. The largest absolute Gasteiger partial charge is 0.508 e. The van der Waals surface area contributed by atoms with Gasteiger partial charge in [-0.2, -0.15) is 0 Å². The zero-order valence-electron chi connectivity index (χ0n) is 14.3. The van der Waals surface area contributed by atoms with Crippen LogP contribution >= 0.6 is 11.3 Å². The molecule has 0 amide bonds. The molecule has 26 heavy (non-hydrogen) atoms. The van der Waals surface area contributed by atoms with Gasteiger partial charge in [0.25, 0.3) is 0 Å². The molecule has 0 aliphatic heterocycles. The van der Waals surface area contributed by atoms with Crippen LogP contribution in [0.25, 0.3) is 32.9 Å². The van der Waals surface area contributed by atoms with E-state index in [0.29, 0.717) is 0 Å². The molecule has 1 heterocycles. The van der Waals surface area contributed by atoms with Gasteiger partial charge in [-0.1, -0.05) is 48.6 Å². The van der Waals surface area contributed by atoms with Crippen LogP contribution in [0, 0.1) is 0 Å². The Hall–Kier alpha value is -3.11. The van der Waals surface area contributed by atoms with Crippen LogP contribution in [0.3, 0.4) is 0 Å². The number of hydrogen-bond acceptors (Lipinski definition) is 4. The fourth-order valence-electron chi connectivity index (χ4n) is 2.73. The predicted molar refractivity (Wildman–Crippen MR) is 112 cm³/mol. The zero-order valence-corrected chi connectivity index (χ0v) is 15.1. The number of rotatable bonds is 4. The average molecular weight is 358 g/mol. The number of phenols is 1. The van der Waals surface area contributed by atoms with Gasteiger partial charge < -0.3 is 10.4 Å². The van der Waals surface area contributed by atoms with Gasteiger partial charge in [0.1, 0.15) is 10.8 Å². The predicted octanol–water partition coefficient (Wildman–Crippen LogP) is 5.88. The number of hydrogen-bond donors (Lipinski definition) is 2. The van der Waals surface area contributed by atoms with Crippen LogP contribution in [0.15, 0.2) is 66.7 Å². The standard InChI is InChI=1S/C22H18N2OS/c1-23-18-10-6-16(7-11-18)3-2-15-4-8-17(9-5-15)22-24-20-13-12-19(25)14-21(20)26-22/h2-14,23,25H,1H3. The molecule has 3 aromatic carbocycles. The second kappa shape index (κ2) is 7.02. The average Bonchev–Trinajstić information content (AvgIpc) is 3.10. The highest BCUT2D eigenvalue weighted by Crippen LogP contribution is 2.32. The molecule has 4 heteroatoms. The monoisotopic (exact) mass is 358 g/mol. The molecule has 0 bridgehead atoms. The van der Waals surface area contributed by atoms with Gasteiger partial charge in [-0.05, 0) is 41.5 Å². The first-order valence-electron chi connectivity index (χ1n) is 8.37. The van der Waals surface area contributed by atoms with Crippen LogP contribution in [0.1, 0.15) is 11.1 Å². The number of thiazole rings is 1. The Morgan fingerprint density at radius 1 is 0.885 bits per heavy atom. The lowest BCUT2D eigenvalue weighted by Crippen LogP contribution is -1.86. The summed E-state index contributed by atoms with van der Waals surface area (Å²) in [6.45, 7) is 0. The summed E-state index contributed by atoms with van der Waals surface area (Å²) >= 11 is 1.59. The summed E-state index contributed by atoms with van der Waals surface area (Å²) in [5, 5.41) is 13.7. The van der Waals surface area contributed by atoms with E-state index in [-0.39, 0.29) is 5.75 Å². The molecule has 0 spiro atoms. The van der Waals surface area contributed by atoms with Crippen molar-refractivity contribution in [2.24, 2.45) is 0 Å². The number of anilines is 1. The normalized spacial score (nSPS) is 11.3. The molecule has 0 unspecified atom stereocenters. The van der Waals surface area contributed by atoms with E-state index in [0.717, 1.165) is 32.0 Å². The summed E-state index contributed by atoms with van der Waals surface area (Å²) in [6, 6.07) is 21.9. The second-order valence-corrected chi connectivity index (χ2v) is 7.03. The van der Waals surface area contributed by atoms with Gasteiger partial charge in [0.2, 0.25) is 0 Å². The quantitative estimate of drug-likeness (QED) is 0.448. The molecule has 0 aliphatic rings. The maximum atomic E-state index is 9.60. The zero-order chi connectivity index (χ0) is 17.9. The first-order chi connectivity index (χ1) is 12.7. The first-order valence-corrected chi connectivity index (χ1v) is 9.19. The molecular weight excluding hydrogens is 340 g/mol. The third kappa shape index (κ3) is 3.46. The van der Waals surface area contributed by atoms with Crippen LogP contribution in [0.5, 0.6) is 5.75 Å². The van der Waals surface area contributed by atoms with Crippen molar-refractivity contribution in [2.45, 2.75) is 0 Å². The molecule has 0 aliphatic carbocycles. The van der Waals surface area contributed by atoms with Crippen molar-refractivity contribution in [3.8, 4) is 16.3 Å². The van der Waals surface area contributed by atoms with Gasteiger partial charge in [0.05, 0.1) is 10.2 Å². The van der Waals surface area contributed by atoms with Crippen LogP contribution in [-0.2, 0) is 0 Å². The van der Waals surface area contributed by atoms with Crippen LogP contribution in [0.4, 0.5) is 5.69 Å². The van der Waals surface area contributed by atoms with Gasteiger partial charge in [-0.15, -0.1) is 11.3 Å². The van der Waals surface area contributed by atoms with Crippen molar-refractivity contribution in [3.05, 3.63) is 77.9 Å².